The van der Waals surface area contributed by atoms with Gasteiger partial charge in [0.05, 0.1) is 17.4 Å². The highest BCUT2D eigenvalue weighted by atomic mass is 79.9. The van der Waals surface area contributed by atoms with Crippen LogP contribution in [0.25, 0.3) is 0 Å². The molecule has 0 aliphatic heterocycles. The quantitative estimate of drug-likeness (QED) is 0.922. The number of benzene rings is 1. The van der Waals surface area contributed by atoms with Gasteiger partial charge >= 0.3 is 0 Å². The largest absolute Gasteiger partial charge is 0.320 e. The third-order valence-electron chi connectivity index (χ3n) is 2.34. The number of rotatable bonds is 2. The lowest BCUT2D eigenvalue weighted by atomic mass is 10.2. The highest BCUT2D eigenvalue weighted by molar-refractivity contribution is 9.10. The molecule has 0 radical (unpaired) electrons. The summed E-state index contributed by atoms with van der Waals surface area (Å²) in [5, 5.41) is 2.59. The van der Waals surface area contributed by atoms with Gasteiger partial charge in [0.25, 0.3) is 5.91 Å². The Morgan fingerprint density at radius 3 is 2.78 bits per heavy atom. The summed E-state index contributed by atoms with van der Waals surface area (Å²) in [6, 6.07) is 7.71. The van der Waals surface area contributed by atoms with E-state index in [-0.39, 0.29) is 5.56 Å². The molecular formula is C13H10BrFN2O. The van der Waals surface area contributed by atoms with Crippen LogP contribution in [0.5, 0.6) is 0 Å². The molecule has 1 heterocycles. The van der Waals surface area contributed by atoms with Gasteiger partial charge in [-0.3, -0.25) is 9.78 Å². The number of amides is 1. The van der Waals surface area contributed by atoms with E-state index in [4.69, 9.17) is 0 Å². The van der Waals surface area contributed by atoms with Gasteiger partial charge in [0, 0.05) is 10.2 Å². The zero-order chi connectivity index (χ0) is 13.1. The number of nitrogens with zero attached hydrogens (tertiary/aromatic N) is 1. The van der Waals surface area contributed by atoms with Gasteiger partial charge in [0.2, 0.25) is 0 Å². The number of halogens is 2. The van der Waals surface area contributed by atoms with Crippen molar-refractivity contribution in [1.82, 2.24) is 4.98 Å². The topological polar surface area (TPSA) is 42.0 Å². The number of aryl methyl sites for hydroxylation is 1. The van der Waals surface area contributed by atoms with E-state index in [1.807, 2.05) is 6.92 Å². The molecule has 0 spiro atoms. The average Bonchev–Trinajstić information content (AvgIpc) is 2.35. The molecule has 5 heteroatoms. The van der Waals surface area contributed by atoms with Crippen LogP contribution in [0.1, 0.15) is 16.1 Å². The van der Waals surface area contributed by atoms with Crippen LogP contribution in [0.4, 0.5) is 10.1 Å². The molecule has 1 N–H and O–H groups in total. The number of carbonyl (C=O) groups excluding carboxylic acids is 1. The minimum Gasteiger partial charge on any atom is -0.320 e. The van der Waals surface area contributed by atoms with Gasteiger partial charge in [-0.05, 0) is 37.3 Å². The molecule has 2 rings (SSSR count). The minimum absolute atomic E-state index is 0.00931. The Morgan fingerprint density at radius 1 is 1.33 bits per heavy atom. The molecule has 0 aliphatic rings. The second-order valence-electron chi connectivity index (χ2n) is 3.77. The van der Waals surface area contributed by atoms with Crippen LogP contribution in [0.15, 0.2) is 41.0 Å². The molecular weight excluding hydrogens is 299 g/mol. The molecule has 2 aromatic rings. The summed E-state index contributed by atoms with van der Waals surface area (Å²) >= 11 is 3.20. The summed E-state index contributed by atoms with van der Waals surface area (Å²) in [6.07, 6.45) is 1.53. The van der Waals surface area contributed by atoms with Crippen LogP contribution in [-0.4, -0.2) is 10.9 Å². The van der Waals surface area contributed by atoms with Crippen molar-refractivity contribution in [2.24, 2.45) is 0 Å². The molecule has 0 saturated carbocycles. The molecule has 0 atom stereocenters. The molecule has 0 aliphatic carbocycles. The second-order valence-corrected chi connectivity index (χ2v) is 4.68. The average molecular weight is 309 g/mol. The van der Waals surface area contributed by atoms with Gasteiger partial charge in [0.1, 0.15) is 5.82 Å². The Kier molecular flexibility index (Phi) is 3.72. The molecule has 0 unspecified atom stereocenters. The standard InChI is InChI=1S/C13H10BrFN2O/c1-8-2-4-10(7-16-8)17-13(18)11-6-9(14)3-5-12(11)15/h2-7H,1H3,(H,17,18). The fourth-order valence-electron chi connectivity index (χ4n) is 1.41. The molecule has 0 fully saturated rings. The summed E-state index contributed by atoms with van der Waals surface area (Å²) in [5.74, 6) is -1.06. The third kappa shape index (κ3) is 2.92. The number of aromatic nitrogens is 1. The highest BCUT2D eigenvalue weighted by Crippen LogP contribution is 2.17. The van der Waals surface area contributed by atoms with Gasteiger partial charge in [0.15, 0.2) is 0 Å². The Labute approximate surface area is 112 Å². The summed E-state index contributed by atoms with van der Waals surface area (Å²) in [4.78, 5) is 15.9. The SMILES string of the molecule is Cc1ccc(NC(=O)c2cc(Br)ccc2F)cn1. The Morgan fingerprint density at radius 2 is 2.11 bits per heavy atom. The zero-order valence-electron chi connectivity index (χ0n) is 9.58. The summed E-state index contributed by atoms with van der Waals surface area (Å²) in [6.45, 7) is 1.85. The van der Waals surface area contributed by atoms with E-state index in [9.17, 15) is 9.18 Å². The van der Waals surface area contributed by atoms with Crippen molar-refractivity contribution in [2.75, 3.05) is 5.32 Å². The fourth-order valence-corrected chi connectivity index (χ4v) is 1.77. The number of anilines is 1. The number of pyridine rings is 1. The normalized spacial score (nSPS) is 10.2. The monoisotopic (exact) mass is 308 g/mol. The van der Waals surface area contributed by atoms with Crippen molar-refractivity contribution in [3.05, 3.63) is 58.1 Å². The second kappa shape index (κ2) is 5.27. The van der Waals surface area contributed by atoms with Crippen LogP contribution in [0.3, 0.4) is 0 Å². The molecule has 0 bridgehead atoms. The lowest BCUT2D eigenvalue weighted by molar-refractivity contribution is 0.102. The van der Waals surface area contributed by atoms with Crippen LogP contribution in [0, 0.1) is 12.7 Å². The van der Waals surface area contributed by atoms with E-state index in [0.717, 1.165) is 5.69 Å². The first kappa shape index (κ1) is 12.7. The van der Waals surface area contributed by atoms with E-state index in [2.05, 4.69) is 26.2 Å². The molecule has 1 aromatic heterocycles. The lowest BCUT2D eigenvalue weighted by Gasteiger charge is -2.06. The molecule has 1 aromatic carbocycles. The molecule has 18 heavy (non-hydrogen) atoms. The molecule has 0 saturated heterocycles. The summed E-state index contributed by atoms with van der Waals surface area (Å²) in [7, 11) is 0. The Hall–Kier alpha value is -1.75. The predicted octanol–water partition coefficient (Wildman–Crippen LogP) is 3.54. The maximum absolute atomic E-state index is 13.5. The van der Waals surface area contributed by atoms with E-state index < -0.39 is 11.7 Å². The lowest BCUT2D eigenvalue weighted by Crippen LogP contribution is -2.14. The number of hydrogen-bond acceptors (Lipinski definition) is 2. The smallest absolute Gasteiger partial charge is 0.258 e. The Balaban J connectivity index is 2.21. The zero-order valence-corrected chi connectivity index (χ0v) is 11.2. The maximum Gasteiger partial charge on any atom is 0.258 e. The van der Waals surface area contributed by atoms with Crippen LogP contribution >= 0.6 is 15.9 Å². The predicted molar refractivity (Wildman–Crippen MR) is 71.0 cm³/mol. The minimum atomic E-state index is -0.559. The maximum atomic E-state index is 13.5. The molecule has 92 valence electrons. The molecule has 3 nitrogen and oxygen atoms in total. The van der Waals surface area contributed by atoms with E-state index in [1.165, 1.54) is 18.3 Å². The van der Waals surface area contributed by atoms with Crippen molar-refractivity contribution in [2.45, 2.75) is 6.92 Å². The highest BCUT2D eigenvalue weighted by Gasteiger charge is 2.12. The first-order valence-electron chi connectivity index (χ1n) is 5.25. The number of carbonyl (C=O) groups is 1. The number of hydrogen-bond donors (Lipinski definition) is 1. The third-order valence-corrected chi connectivity index (χ3v) is 2.84. The Bertz CT molecular complexity index is 584. The molecule has 1 amide bonds. The first-order valence-corrected chi connectivity index (χ1v) is 6.04. The van der Waals surface area contributed by atoms with Crippen molar-refractivity contribution in [1.29, 1.82) is 0 Å². The van der Waals surface area contributed by atoms with E-state index in [1.54, 1.807) is 18.2 Å². The number of nitrogens with one attached hydrogen (secondary N) is 1. The van der Waals surface area contributed by atoms with Gasteiger partial charge in [-0.1, -0.05) is 15.9 Å². The fraction of sp³-hybridized carbons (Fsp3) is 0.0769. The van der Waals surface area contributed by atoms with Gasteiger partial charge in [-0.15, -0.1) is 0 Å². The van der Waals surface area contributed by atoms with Gasteiger partial charge in [-0.2, -0.15) is 0 Å². The van der Waals surface area contributed by atoms with E-state index >= 15 is 0 Å². The van der Waals surface area contributed by atoms with Crippen LogP contribution in [-0.2, 0) is 0 Å². The van der Waals surface area contributed by atoms with E-state index in [0.29, 0.717) is 10.2 Å². The summed E-state index contributed by atoms with van der Waals surface area (Å²) < 4.78 is 14.1. The van der Waals surface area contributed by atoms with Gasteiger partial charge < -0.3 is 5.32 Å². The van der Waals surface area contributed by atoms with Crippen LogP contribution in [0.2, 0.25) is 0 Å². The van der Waals surface area contributed by atoms with Crippen molar-refractivity contribution in [3.63, 3.8) is 0 Å². The summed E-state index contributed by atoms with van der Waals surface area (Å²) in [5.41, 5.74) is 1.37. The van der Waals surface area contributed by atoms with Crippen molar-refractivity contribution >= 4 is 27.5 Å². The van der Waals surface area contributed by atoms with Gasteiger partial charge in [-0.25, -0.2) is 4.39 Å². The first-order chi connectivity index (χ1) is 8.56. The van der Waals surface area contributed by atoms with Crippen molar-refractivity contribution in [3.8, 4) is 0 Å². The van der Waals surface area contributed by atoms with Crippen LogP contribution < -0.4 is 5.32 Å². The van der Waals surface area contributed by atoms with Crippen molar-refractivity contribution < 1.29 is 9.18 Å².